The molecular weight excluding hydrogens is 304 g/mol. The number of nitrogens with zero attached hydrogens (tertiary/aromatic N) is 3. The summed E-state index contributed by atoms with van der Waals surface area (Å²) in [5.74, 6) is -0.501. The Bertz CT molecular complexity index is 715. The van der Waals surface area contributed by atoms with Crippen LogP contribution in [0.3, 0.4) is 0 Å². The summed E-state index contributed by atoms with van der Waals surface area (Å²) in [6.45, 7) is 1.12. The highest BCUT2D eigenvalue weighted by atomic mass is 32.2. The van der Waals surface area contributed by atoms with Gasteiger partial charge < -0.3 is 10.6 Å². The average molecular weight is 324 g/mol. The van der Waals surface area contributed by atoms with Crippen LogP contribution >= 0.6 is 0 Å². The van der Waals surface area contributed by atoms with Crippen molar-refractivity contribution >= 4 is 21.7 Å². The molecule has 3 rings (SSSR count). The van der Waals surface area contributed by atoms with Gasteiger partial charge in [-0.3, -0.25) is 4.79 Å². The van der Waals surface area contributed by atoms with E-state index in [1.807, 2.05) is 0 Å². The zero-order chi connectivity index (χ0) is 16.0. The maximum atomic E-state index is 12.2. The summed E-state index contributed by atoms with van der Waals surface area (Å²) < 4.78 is 22.7. The van der Waals surface area contributed by atoms with E-state index in [0.717, 1.165) is 43.2 Å². The minimum absolute atomic E-state index is 0.197. The lowest BCUT2D eigenvalue weighted by Gasteiger charge is -2.40. The predicted octanol–water partition coefficient (Wildman–Crippen LogP) is -0.0902. The summed E-state index contributed by atoms with van der Waals surface area (Å²) >= 11 is 0. The first kappa shape index (κ1) is 15.2. The number of nitrogen functional groups attached to an aromatic ring is 1. The number of aryl methyl sites for hydroxylation is 1. The fraction of sp³-hybridized carbons (Fsp3) is 0.643. The minimum Gasteiger partial charge on any atom is -0.368 e. The van der Waals surface area contributed by atoms with Gasteiger partial charge in [0.15, 0.2) is 9.84 Å². The van der Waals surface area contributed by atoms with Gasteiger partial charge in [0, 0.05) is 31.0 Å². The Morgan fingerprint density at radius 1 is 1.45 bits per heavy atom. The van der Waals surface area contributed by atoms with Crippen molar-refractivity contribution < 1.29 is 13.2 Å². The summed E-state index contributed by atoms with van der Waals surface area (Å²) in [6.07, 6.45) is 6.43. The molecule has 1 amide bonds. The van der Waals surface area contributed by atoms with Crippen LogP contribution in [0, 0.1) is 0 Å². The summed E-state index contributed by atoms with van der Waals surface area (Å²) in [7, 11) is -3.31. The molecule has 0 aromatic carbocycles. The van der Waals surface area contributed by atoms with Crippen LogP contribution in [0.5, 0.6) is 0 Å². The number of hydrogen-bond donors (Lipinski definition) is 1. The molecule has 120 valence electrons. The maximum absolute atomic E-state index is 12.2. The summed E-state index contributed by atoms with van der Waals surface area (Å²) in [5.41, 5.74) is 7.55. The number of piperidine rings is 1. The number of rotatable bonds is 2. The molecule has 1 spiro atoms. The van der Waals surface area contributed by atoms with Crippen LogP contribution in [0.25, 0.3) is 0 Å². The number of amides is 1. The van der Waals surface area contributed by atoms with Crippen molar-refractivity contribution in [2.75, 3.05) is 30.8 Å². The molecule has 0 radical (unpaired) electrons. The predicted molar refractivity (Wildman–Crippen MR) is 82.0 cm³/mol. The van der Waals surface area contributed by atoms with Gasteiger partial charge in [-0.1, -0.05) is 0 Å². The molecule has 22 heavy (non-hydrogen) atoms. The second kappa shape index (κ2) is 5.19. The van der Waals surface area contributed by atoms with Crippen molar-refractivity contribution in [3.05, 3.63) is 17.5 Å². The molecule has 2 aliphatic rings. The molecule has 7 nitrogen and oxygen atoms in total. The van der Waals surface area contributed by atoms with E-state index in [1.54, 1.807) is 11.1 Å². The van der Waals surface area contributed by atoms with Crippen LogP contribution < -0.4 is 5.73 Å². The number of hydrogen-bond acceptors (Lipinski definition) is 6. The van der Waals surface area contributed by atoms with Gasteiger partial charge in [-0.2, -0.15) is 0 Å². The molecule has 2 heterocycles. The van der Waals surface area contributed by atoms with Crippen molar-refractivity contribution in [3.8, 4) is 0 Å². The monoisotopic (exact) mass is 324 g/mol. The lowest BCUT2D eigenvalue weighted by Crippen LogP contribution is -2.49. The number of aromatic nitrogens is 2. The van der Waals surface area contributed by atoms with Gasteiger partial charge >= 0.3 is 0 Å². The molecule has 1 aromatic heterocycles. The van der Waals surface area contributed by atoms with Crippen LogP contribution in [0.2, 0.25) is 0 Å². The third-order valence-corrected chi connectivity index (χ3v) is 5.34. The Kier molecular flexibility index (Phi) is 3.58. The first-order chi connectivity index (χ1) is 10.3. The van der Waals surface area contributed by atoms with Crippen LogP contribution in [-0.4, -0.2) is 54.3 Å². The Morgan fingerprint density at radius 2 is 2.23 bits per heavy atom. The minimum atomic E-state index is -3.31. The van der Waals surface area contributed by atoms with E-state index >= 15 is 0 Å². The zero-order valence-corrected chi connectivity index (χ0v) is 13.4. The molecule has 0 bridgehead atoms. The second-order valence-electron chi connectivity index (χ2n) is 6.37. The van der Waals surface area contributed by atoms with E-state index in [-0.39, 0.29) is 17.3 Å². The standard InChI is InChI=1S/C14H20N4O3S/c1-22(20,21)8-11(19)18-6-2-4-14(9-18)5-3-10-7-16-13(15)17-12(10)14/h7H,2-6,8-9H2,1H3,(H2,15,16,17). The highest BCUT2D eigenvalue weighted by molar-refractivity contribution is 7.91. The topological polar surface area (TPSA) is 106 Å². The number of carbonyl (C=O) groups excluding carboxylic acids is 1. The molecular formula is C14H20N4O3S. The fourth-order valence-corrected chi connectivity index (χ4v) is 4.24. The lowest BCUT2D eigenvalue weighted by molar-refractivity contribution is -0.130. The molecule has 2 N–H and O–H groups in total. The number of likely N-dealkylation sites (tertiary alicyclic amines) is 1. The van der Waals surface area contributed by atoms with E-state index in [2.05, 4.69) is 9.97 Å². The Morgan fingerprint density at radius 3 is 2.95 bits per heavy atom. The van der Waals surface area contributed by atoms with Crippen molar-refractivity contribution in [2.45, 2.75) is 31.1 Å². The van der Waals surface area contributed by atoms with Gasteiger partial charge in [-0.15, -0.1) is 0 Å². The normalized spacial score (nSPS) is 24.5. The van der Waals surface area contributed by atoms with Crippen molar-refractivity contribution in [3.63, 3.8) is 0 Å². The number of anilines is 1. The van der Waals surface area contributed by atoms with E-state index in [1.165, 1.54) is 0 Å². The van der Waals surface area contributed by atoms with Gasteiger partial charge in [0.1, 0.15) is 5.75 Å². The van der Waals surface area contributed by atoms with Gasteiger partial charge in [-0.25, -0.2) is 18.4 Å². The number of nitrogens with two attached hydrogens (primary N) is 1. The molecule has 0 saturated carbocycles. The Balaban J connectivity index is 1.86. The molecule has 1 aliphatic carbocycles. The van der Waals surface area contributed by atoms with E-state index in [0.29, 0.717) is 13.1 Å². The summed E-state index contributed by atoms with van der Waals surface area (Å²) in [6, 6.07) is 0. The number of sulfone groups is 1. The van der Waals surface area contributed by atoms with E-state index in [4.69, 9.17) is 5.73 Å². The fourth-order valence-electron chi connectivity index (χ4n) is 3.61. The smallest absolute Gasteiger partial charge is 0.237 e. The van der Waals surface area contributed by atoms with Gasteiger partial charge in [0.05, 0.1) is 5.69 Å². The van der Waals surface area contributed by atoms with Crippen molar-refractivity contribution in [1.82, 2.24) is 14.9 Å². The third-order valence-electron chi connectivity index (χ3n) is 4.57. The highest BCUT2D eigenvalue weighted by Gasteiger charge is 2.44. The molecule has 8 heteroatoms. The number of fused-ring (bicyclic) bond motifs is 2. The van der Waals surface area contributed by atoms with Crippen LogP contribution in [-0.2, 0) is 26.5 Å². The lowest BCUT2D eigenvalue weighted by atomic mass is 9.77. The zero-order valence-electron chi connectivity index (χ0n) is 12.6. The van der Waals surface area contributed by atoms with E-state index < -0.39 is 15.6 Å². The third kappa shape index (κ3) is 2.79. The van der Waals surface area contributed by atoms with Gasteiger partial charge in [0.25, 0.3) is 0 Å². The average Bonchev–Trinajstić information content (AvgIpc) is 2.75. The Labute approximate surface area is 129 Å². The molecule has 1 unspecified atom stereocenters. The first-order valence-electron chi connectivity index (χ1n) is 7.36. The summed E-state index contributed by atoms with van der Waals surface area (Å²) in [5, 5.41) is 0. The molecule has 1 atom stereocenters. The first-order valence-corrected chi connectivity index (χ1v) is 9.43. The molecule has 1 aromatic rings. The quantitative estimate of drug-likeness (QED) is 0.815. The SMILES string of the molecule is CS(=O)(=O)CC(=O)N1CCCC2(CCc3cnc(N)nc32)C1. The van der Waals surface area contributed by atoms with Crippen LogP contribution in [0.15, 0.2) is 6.20 Å². The molecule has 1 saturated heterocycles. The van der Waals surface area contributed by atoms with Crippen molar-refractivity contribution in [2.24, 2.45) is 0 Å². The van der Waals surface area contributed by atoms with Crippen LogP contribution in [0.4, 0.5) is 5.95 Å². The largest absolute Gasteiger partial charge is 0.368 e. The van der Waals surface area contributed by atoms with Gasteiger partial charge in [-0.05, 0) is 31.2 Å². The molecule has 1 aliphatic heterocycles. The maximum Gasteiger partial charge on any atom is 0.237 e. The number of carbonyl (C=O) groups is 1. The summed E-state index contributed by atoms with van der Waals surface area (Å²) in [4.78, 5) is 22.3. The van der Waals surface area contributed by atoms with Crippen molar-refractivity contribution in [1.29, 1.82) is 0 Å². The Hall–Kier alpha value is -1.70. The highest BCUT2D eigenvalue weighted by Crippen LogP contribution is 2.43. The van der Waals surface area contributed by atoms with E-state index in [9.17, 15) is 13.2 Å². The molecule has 1 fully saturated rings. The van der Waals surface area contributed by atoms with Crippen LogP contribution in [0.1, 0.15) is 30.5 Å². The van der Waals surface area contributed by atoms with Gasteiger partial charge in [0.2, 0.25) is 11.9 Å². The second-order valence-corrected chi connectivity index (χ2v) is 8.51.